The molecule has 2 aliphatic rings. The van der Waals surface area contributed by atoms with Crippen LogP contribution in [0.15, 0.2) is 18.2 Å². The van der Waals surface area contributed by atoms with Crippen molar-refractivity contribution in [2.75, 3.05) is 55.5 Å². The van der Waals surface area contributed by atoms with Gasteiger partial charge in [-0.1, -0.05) is 0 Å². The van der Waals surface area contributed by atoms with E-state index in [4.69, 9.17) is 15.2 Å². The van der Waals surface area contributed by atoms with Crippen molar-refractivity contribution in [3.63, 3.8) is 0 Å². The second-order valence-corrected chi connectivity index (χ2v) is 5.08. The summed E-state index contributed by atoms with van der Waals surface area (Å²) in [5, 5.41) is 3.48. The number of nitrogens with zero attached hydrogens (tertiary/aromatic N) is 1. The van der Waals surface area contributed by atoms with Gasteiger partial charge in [0.05, 0.1) is 37.2 Å². The Morgan fingerprint density at radius 1 is 1.16 bits per heavy atom. The summed E-state index contributed by atoms with van der Waals surface area (Å²) in [4.78, 5) is 2.33. The quantitative estimate of drug-likeness (QED) is 0.805. The Balaban J connectivity index is 1.74. The fourth-order valence-corrected chi connectivity index (χ4v) is 2.56. The number of nitrogens with two attached hydrogens (primary N) is 1. The van der Waals surface area contributed by atoms with Crippen LogP contribution in [0.3, 0.4) is 0 Å². The molecule has 0 saturated carbocycles. The average Bonchev–Trinajstić information content (AvgIpc) is 2.95. The number of benzene rings is 1. The number of hydrogen-bond donors (Lipinski definition) is 2. The molecular formula is C14H21N3O2. The van der Waals surface area contributed by atoms with Gasteiger partial charge < -0.3 is 25.4 Å². The first kappa shape index (κ1) is 12.6. The molecule has 0 aliphatic carbocycles. The van der Waals surface area contributed by atoms with Crippen molar-refractivity contribution in [3.05, 3.63) is 18.2 Å². The molecule has 3 rings (SSSR count). The van der Waals surface area contributed by atoms with Gasteiger partial charge in [-0.3, -0.25) is 0 Å². The largest absolute Gasteiger partial charge is 0.397 e. The third-order valence-corrected chi connectivity index (χ3v) is 3.70. The Bertz CT molecular complexity index is 427. The van der Waals surface area contributed by atoms with Crippen molar-refractivity contribution in [2.24, 2.45) is 0 Å². The lowest BCUT2D eigenvalue weighted by molar-refractivity contribution is 0.122. The molecule has 5 nitrogen and oxygen atoms in total. The van der Waals surface area contributed by atoms with Gasteiger partial charge in [0.2, 0.25) is 0 Å². The van der Waals surface area contributed by atoms with Crippen LogP contribution >= 0.6 is 0 Å². The minimum Gasteiger partial charge on any atom is -0.397 e. The molecule has 0 aromatic heterocycles. The van der Waals surface area contributed by atoms with Crippen LogP contribution in [0.25, 0.3) is 0 Å². The summed E-state index contributed by atoms with van der Waals surface area (Å²) in [5.74, 6) is 0. The molecule has 104 valence electrons. The molecule has 0 spiro atoms. The van der Waals surface area contributed by atoms with Gasteiger partial charge >= 0.3 is 0 Å². The van der Waals surface area contributed by atoms with Crippen LogP contribution < -0.4 is 16.0 Å². The van der Waals surface area contributed by atoms with Crippen LogP contribution in [0.4, 0.5) is 17.1 Å². The second-order valence-electron chi connectivity index (χ2n) is 5.08. The van der Waals surface area contributed by atoms with Crippen molar-refractivity contribution in [1.29, 1.82) is 0 Å². The van der Waals surface area contributed by atoms with Crippen molar-refractivity contribution in [3.8, 4) is 0 Å². The Morgan fingerprint density at radius 2 is 2.00 bits per heavy atom. The smallest absolute Gasteiger partial charge is 0.0668 e. The van der Waals surface area contributed by atoms with E-state index in [1.165, 1.54) is 5.69 Å². The van der Waals surface area contributed by atoms with E-state index in [1.807, 2.05) is 6.07 Å². The predicted molar refractivity (Wildman–Crippen MR) is 76.7 cm³/mol. The van der Waals surface area contributed by atoms with Gasteiger partial charge in [0.1, 0.15) is 0 Å². The van der Waals surface area contributed by atoms with Gasteiger partial charge in [-0.25, -0.2) is 0 Å². The third kappa shape index (κ3) is 2.93. The lowest BCUT2D eigenvalue weighted by Gasteiger charge is -2.29. The molecule has 1 aromatic rings. The zero-order chi connectivity index (χ0) is 13.1. The lowest BCUT2D eigenvalue weighted by atomic mass is 10.2. The Labute approximate surface area is 113 Å². The highest BCUT2D eigenvalue weighted by atomic mass is 16.5. The third-order valence-electron chi connectivity index (χ3n) is 3.70. The van der Waals surface area contributed by atoms with E-state index in [0.29, 0.717) is 6.04 Å². The van der Waals surface area contributed by atoms with Gasteiger partial charge in [-0.15, -0.1) is 0 Å². The summed E-state index contributed by atoms with van der Waals surface area (Å²) in [6.07, 6.45) is 1.04. The molecule has 0 bridgehead atoms. The zero-order valence-electron chi connectivity index (χ0n) is 11.1. The molecule has 19 heavy (non-hydrogen) atoms. The van der Waals surface area contributed by atoms with Crippen molar-refractivity contribution >= 4 is 17.1 Å². The van der Waals surface area contributed by atoms with Crippen LogP contribution in [0.5, 0.6) is 0 Å². The first-order chi connectivity index (χ1) is 9.33. The van der Waals surface area contributed by atoms with E-state index in [0.717, 1.165) is 57.3 Å². The fraction of sp³-hybridized carbons (Fsp3) is 0.571. The van der Waals surface area contributed by atoms with Crippen LogP contribution in [0.2, 0.25) is 0 Å². The molecule has 0 radical (unpaired) electrons. The van der Waals surface area contributed by atoms with E-state index in [1.54, 1.807) is 0 Å². The summed E-state index contributed by atoms with van der Waals surface area (Å²) in [5.41, 5.74) is 9.07. The Morgan fingerprint density at radius 3 is 2.74 bits per heavy atom. The van der Waals surface area contributed by atoms with Crippen LogP contribution in [0, 0.1) is 0 Å². The molecule has 1 atom stereocenters. The molecule has 1 aromatic carbocycles. The minimum atomic E-state index is 0.377. The summed E-state index contributed by atoms with van der Waals surface area (Å²) in [6, 6.07) is 6.57. The molecule has 2 aliphatic heterocycles. The number of rotatable bonds is 3. The maximum atomic E-state index is 6.05. The Kier molecular flexibility index (Phi) is 3.75. The average molecular weight is 263 g/mol. The van der Waals surface area contributed by atoms with Crippen LogP contribution in [0.1, 0.15) is 6.42 Å². The zero-order valence-corrected chi connectivity index (χ0v) is 11.1. The monoisotopic (exact) mass is 263 g/mol. The Hall–Kier alpha value is -1.46. The highest BCUT2D eigenvalue weighted by Crippen LogP contribution is 2.27. The van der Waals surface area contributed by atoms with Crippen LogP contribution in [-0.4, -0.2) is 45.6 Å². The molecule has 2 heterocycles. The van der Waals surface area contributed by atoms with Crippen molar-refractivity contribution in [1.82, 2.24) is 0 Å². The fourth-order valence-electron chi connectivity index (χ4n) is 2.56. The van der Waals surface area contributed by atoms with E-state index in [-0.39, 0.29) is 0 Å². The summed E-state index contributed by atoms with van der Waals surface area (Å²) < 4.78 is 10.8. The highest BCUT2D eigenvalue weighted by molar-refractivity contribution is 5.72. The standard InChI is InChI=1S/C14H21N3O2/c15-13-2-1-12(17-4-7-18-8-5-17)9-14(13)16-11-3-6-19-10-11/h1-2,9,11,16H,3-8,10,15H2. The van der Waals surface area contributed by atoms with Gasteiger partial charge in [-0.05, 0) is 24.6 Å². The minimum absolute atomic E-state index is 0.377. The molecule has 2 fully saturated rings. The van der Waals surface area contributed by atoms with Crippen molar-refractivity contribution in [2.45, 2.75) is 12.5 Å². The van der Waals surface area contributed by atoms with Crippen LogP contribution in [-0.2, 0) is 9.47 Å². The summed E-state index contributed by atoms with van der Waals surface area (Å²) in [6.45, 7) is 5.07. The number of nitrogens with one attached hydrogen (secondary N) is 1. The van der Waals surface area contributed by atoms with Crippen molar-refractivity contribution < 1.29 is 9.47 Å². The van der Waals surface area contributed by atoms with Gasteiger partial charge in [-0.2, -0.15) is 0 Å². The number of morpholine rings is 1. The van der Waals surface area contributed by atoms with E-state index in [2.05, 4.69) is 22.3 Å². The van der Waals surface area contributed by atoms with Gasteiger partial charge in [0, 0.05) is 25.4 Å². The predicted octanol–water partition coefficient (Wildman–Crippen LogP) is 1.31. The maximum Gasteiger partial charge on any atom is 0.0668 e. The summed E-state index contributed by atoms with van der Waals surface area (Å²) >= 11 is 0. The molecule has 0 amide bonds. The van der Waals surface area contributed by atoms with E-state index < -0.39 is 0 Å². The van der Waals surface area contributed by atoms with E-state index in [9.17, 15) is 0 Å². The highest BCUT2D eigenvalue weighted by Gasteiger charge is 2.17. The number of nitrogen functional groups attached to an aromatic ring is 1. The number of anilines is 3. The topological polar surface area (TPSA) is 59.8 Å². The number of hydrogen-bond acceptors (Lipinski definition) is 5. The first-order valence-electron chi connectivity index (χ1n) is 6.89. The normalized spacial score (nSPS) is 23.6. The molecular weight excluding hydrogens is 242 g/mol. The van der Waals surface area contributed by atoms with E-state index >= 15 is 0 Å². The van der Waals surface area contributed by atoms with Gasteiger partial charge in [0.25, 0.3) is 0 Å². The SMILES string of the molecule is Nc1ccc(N2CCOCC2)cc1NC1CCOC1. The molecule has 5 heteroatoms. The first-order valence-corrected chi connectivity index (χ1v) is 6.89. The lowest BCUT2D eigenvalue weighted by Crippen LogP contribution is -2.36. The molecule has 2 saturated heterocycles. The number of ether oxygens (including phenoxy) is 2. The summed E-state index contributed by atoms with van der Waals surface area (Å²) in [7, 11) is 0. The molecule has 1 unspecified atom stereocenters. The van der Waals surface area contributed by atoms with Gasteiger partial charge in [0.15, 0.2) is 0 Å². The maximum absolute atomic E-state index is 6.05. The second kappa shape index (κ2) is 5.67. The molecule has 3 N–H and O–H groups in total.